The van der Waals surface area contributed by atoms with Crippen molar-refractivity contribution < 1.29 is 17.9 Å². The van der Waals surface area contributed by atoms with Crippen molar-refractivity contribution in [1.29, 1.82) is 0 Å². The Balaban J connectivity index is 1.54. The maximum absolute atomic E-state index is 12.8. The maximum atomic E-state index is 12.8. The first kappa shape index (κ1) is 19.1. The van der Waals surface area contributed by atoms with Gasteiger partial charge in [-0.05, 0) is 37.5 Å². The van der Waals surface area contributed by atoms with Crippen LogP contribution in [0.15, 0.2) is 35.4 Å². The monoisotopic (exact) mass is 404 g/mol. The number of fused-ring (bicyclic) bond motifs is 1. The molecule has 0 bridgehead atoms. The number of benzene rings is 1. The summed E-state index contributed by atoms with van der Waals surface area (Å²) >= 11 is 0. The van der Waals surface area contributed by atoms with Crippen LogP contribution in [-0.4, -0.2) is 54.7 Å². The van der Waals surface area contributed by atoms with E-state index in [4.69, 9.17) is 4.74 Å². The van der Waals surface area contributed by atoms with E-state index in [9.17, 15) is 13.2 Å². The smallest absolute Gasteiger partial charge is 0.251 e. The summed E-state index contributed by atoms with van der Waals surface area (Å²) in [5, 5.41) is 7.34. The molecule has 1 saturated heterocycles. The average molecular weight is 404 g/mol. The predicted molar refractivity (Wildman–Crippen MR) is 102 cm³/mol. The van der Waals surface area contributed by atoms with Gasteiger partial charge in [0.2, 0.25) is 10.0 Å². The highest BCUT2D eigenvalue weighted by Crippen LogP contribution is 2.29. The van der Waals surface area contributed by atoms with Gasteiger partial charge in [-0.2, -0.15) is 9.40 Å². The number of nitrogens with one attached hydrogen (secondary N) is 1. The number of carbonyl (C=O) groups excluding carboxylic acids is 1. The van der Waals surface area contributed by atoms with E-state index < -0.39 is 10.0 Å². The summed E-state index contributed by atoms with van der Waals surface area (Å²) in [6, 6.07) is 6.12. The molecule has 1 aliphatic carbocycles. The van der Waals surface area contributed by atoms with Crippen LogP contribution in [0.2, 0.25) is 0 Å². The largest absolute Gasteiger partial charge is 0.379 e. The highest BCUT2D eigenvalue weighted by Gasteiger charge is 2.28. The fraction of sp³-hybridized carbons (Fsp3) is 0.474. The van der Waals surface area contributed by atoms with Crippen LogP contribution in [0.5, 0.6) is 0 Å². The van der Waals surface area contributed by atoms with Crippen molar-refractivity contribution in [1.82, 2.24) is 19.4 Å². The molecule has 1 amide bonds. The van der Waals surface area contributed by atoms with E-state index in [2.05, 4.69) is 10.4 Å². The highest BCUT2D eigenvalue weighted by atomic mass is 32.2. The van der Waals surface area contributed by atoms with Gasteiger partial charge in [0.25, 0.3) is 5.91 Å². The molecular weight excluding hydrogens is 380 g/mol. The zero-order valence-corrected chi connectivity index (χ0v) is 16.6. The lowest BCUT2D eigenvalue weighted by atomic mass is 9.93. The Hall–Kier alpha value is -2.23. The van der Waals surface area contributed by atoms with Gasteiger partial charge >= 0.3 is 0 Å². The molecule has 1 aromatic heterocycles. The quantitative estimate of drug-likeness (QED) is 0.828. The van der Waals surface area contributed by atoms with Crippen molar-refractivity contribution in [2.75, 3.05) is 26.3 Å². The summed E-state index contributed by atoms with van der Waals surface area (Å²) in [5.41, 5.74) is 2.52. The van der Waals surface area contributed by atoms with Crippen molar-refractivity contribution >= 4 is 15.9 Å². The van der Waals surface area contributed by atoms with Gasteiger partial charge < -0.3 is 10.1 Å². The number of aryl methyl sites for hydroxylation is 1. The molecular formula is C19H24N4O4S. The number of carbonyl (C=O) groups is 1. The van der Waals surface area contributed by atoms with Gasteiger partial charge in [-0.15, -0.1) is 0 Å². The summed E-state index contributed by atoms with van der Waals surface area (Å²) < 4.78 is 34.2. The molecule has 28 heavy (non-hydrogen) atoms. The lowest BCUT2D eigenvalue weighted by Crippen LogP contribution is -2.40. The minimum Gasteiger partial charge on any atom is -0.379 e. The third kappa shape index (κ3) is 3.57. The molecule has 150 valence electrons. The van der Waals surface area contributed by atoms with Gasteiger partial charge in [0.1, 0.15) is 0 Å². The van der Waals surface area contributed by atoms with Crippen LogP contribution in [-0.2, 0) is 28.2 Å². The van der Waals surface area contributed by atoms with Gasteiger partial charge in [0, 0.05) is 37.0 Å². The summed E-state index contributed by atoms with van der Waals surface area (Å²) in [6.07, 6.45) is 4.57. The minimum atomic E-state index is -3.64. The van der Waals surface area contributed by atoms with E-state index >= 15 is 0 Å². The predicted octanol–water partition coefficient (Wildman–Crippen LogP) is 1.25. The number of nitrogens with zero attached hydrogens (tertiary/aromatic N) is 3. The van der Waals surface area contributed by atoms with E-state index in [-0.39, 0.29) is 16.8 Å². The first-order chi connectivity index (χ1) is 13.5. The number of morpholine rings is 1. The number of aromatic nitrogens is 2. The summed E-state index contributed by atoms with van der Waals surface area (Å²) in [4.78, 5) is 13.0. The lowest BCUT2D eigenvalue weighted by Gasteiger charge is -2.26. The molecule has 0 radical (unpaired) electrons. The van der Waals surface area contributed by atoms with Crippen LogP contribution >= 0.6 is 0 Å². The fourth-order valence-electron chi connectivity index (χ4n) is 3.83. The molecule has 1 aliphatic heterocycles. The van der Waals surface area contributed by atoms with E-state index in [0.29, 0.717) is 31.9 Å². The third-order valence-corrected chi connectivity index (χ3v) is 7.28. The average Bonchev–Trinajstić information content (AvgIpc) is 3.11. The molecule has 2 aromatic rings. The summed E-state index contributed by atoms with van der Waals surface area (Å²) in [5.74, 6) is -0.277. The zero-order valence-electron chi connectivity index (χ0n) is 15.8. The normalized spacial score (nSPS) is 20.5. The Morgan fingerprint density at radius 3 is 2.86 bits per heavy atom. The number of ether oxygens (including phenoxy) is 1. The minimum absolute atomic E-state index is 0.107. The first-order valence-corrected chi connectivity index (χ1v) is 10.9. The van der Waals surface area contributed by atoms with Crippen molar-refractivity contribution in [2.45, 2.75) is 30.2 Å². The maximum Gasteiger partial charge on any atom is 0.251 e. The molecule has 1 N–H and O–H groups in total. The van der Waals surface area contributed by atoms with E-state index in [1.807, 2.05) is 11.7 Å². The van der Waals surface area contributed by atoms with Crippen LogP contribution in [0.25, 0.3) is 0 Å². The Labute approximate surface area is 164 Å². The SMILES string of the molecule is Cn1ncc2c1CCCC2NC(=O)c1cccc(S(=O)(=O)N2CCOCC2)c1. The Morgan fingerprint density at radius 2 is 2.07 bits per heavy atom. The number of hydrogen-bond acceptors (Lipinski definition) is 5. The van der Waals surface area contributed by atoms with Gasteiger partial charge in [-0.1, -0.05) is 6.07 Å². The molecule has 2 aliphatic rings. The Kier molecular flexibility index (Phi) is 5.22. The van der Waals surface area contributed by atoms with Crippen LogP contribution < -0.4 is 5.32 Å². The number of amides is 1. The fourth-order valence-corrected chi connectivity index (χ4v) is 5.29. The van der Waals surface area contributed by atoms with Crippen LogP contribution in [0.3, 0.4) is 0 Å². The van der Waals surface area contributed by atoms with Gasteiger partial charge in [0.15, 0.2) is 0 Å². The molecule has 1 atom stereocenters. The van der Waals surface area contributed by atoms with E-state index in [1.165, 1.54) is 16.4 Å². The van der Waals surface area contributed by atoms with Crippen LogP contribution in [0.4, 0.5) is 0 Å². The molecule has 0 saturated carbocycles. The number of hydrogen-bond donors (Lipinski definition) is 1. The summed E-state index contributed by atoms with van der Waals surface area (Å²) in [6.45, 7) is 1.41. The number of sulfonamides is 1. The molecule has 1 aromatic carbocycles. The molecule has 8 nitrogen and oxygen atoms in total. The molecule has 0 spiro atoms. The van der Waals surface area contributed by atoms with Crippen molar-refractivity contribution in [2.24, 2.45) is 7.05 Å². The molecule has 1 unspecified atom stereocenters. The van der Waals surface area contributed by atoms with Crippen molar-refractivity contribution in [3.05, 3.63) is 47.3 Å². The van der Waals surface area contributed by atoms with E-state index in [0.717, 1.165) is 30.5 Å². The van der Waals surface area contributed by atoms with Crippen LogP contribution in [0.1, 0.15) is 40.5 Å². The van der Waals surface area contributed by atoms with Crippen LogP contribution in [0, 0.1) is 0 Å². The second-order valence-electron chi connectivity index (χ2n) is 7.13. The topological polar surface area (TPSA) is 93.5 Å². The van der Waals surface area contributed by atoms with Gasteiger partial charge in [-0.3, -0.25) is 9.48 Å². The summed E-state index contributed by atoms with van der Waals surface area (Å²) in [7, 11) is -1.73. The first-order valence-electron chi connectivity index (χ1n) is 9.46. The van der Waals surface area contributed by atoms with Crippen molar-refractivity contribution in [3.8, 4) is 0 Å². The van der Waals surface area contributed by atoms with Gasteiger partial charge in [-0.25, -0.2) is 8.42 Å². The molecule has 4 rings (SSSR count). The molecule has 1 fully saturated rings. The molecule has 2 heterocycles. The molecule has 9 heteroatoms. The lowest BCUT2D eigenvalue weighted by molar-refractivity contribution is 0.0730. The second kappa shape index (κ2) is 7.65. The third-order valence-electron chi connectivity index (χ3n) is 5.39. The Morgan fingerprint density at radius 1 is 1.29 bits per heavy atom. The van der Waals surface area contributed by atoms with Crippen molar-refractivity contribution in [3.63, 3.8) is 0 Å². The zero-order chi connectivity index (χ0) is 19.7. The van der Waals surface area contributed by atoms with Gasteiger partial charge in [0.05, 0.1) is 30.3 Å². The standard InChI is InChI=1S/C19H24N4O4S/c1-22-18-7-3-6-17(16(18)13-20-22)21-19(24)14-4-2-5-15(12-14)28(25,26)23-8-10-27-11-9-23/h2,4-5,12-13,17H,3,6-11H2,1H3,(H,21,24). The van der Waals surface area contributed by atoms with E-state index in [1.54, 1.807) is 18.3 Å². The highest BCUT2D eigenvalue weighted by molar-refractivity contribution is 7.89. The second-order valence-corrected chi connectivity index (χ2v) is 9.07. The number of rotatable bonds is 4. The Bertz CT molecular complexity index is 980.